The SMILES string of the molecule is COc1ccc(-c2nc(-c3ccccc3)c(NC(=O)C(F)(F)F)s2)cc1. The normalized spacial score (nSPS) is 11.2. The third kappa shape index (κ3) is 3.85. The number of benzene rings is 2. The molecule has 0 spiro atoms. The number of nitrogens with one attached hydrogen (secondary N) is 1. The van der Waals surface area contributed by atoms with E-state index in [0.717, 1.165) is 11.3 Å². The maximum absolute atomic E-state index is 12.6. The topological polar surface area (TPSA) is 51.2 Å². The largest absolute Gasteiger partial charge is 0.497 e. The summed E-state index contributed by atoms with van der Waals surface area (Å²) in [7, 11) is 1.54. The molecule has 0 aliphatic rings. The molecule has 1 aromatic heterocycles. The van der Waals surface area contributed by atoms with Gasteiger partial charge in [0.15, 0.2) is 0 Å². The summed E-state index contributed by atoms with van der Waals surface area (Å²) in [6.45, 7) is 0. The molecule has 0 aliphatic heterocycles. The standard InChI is InChI=1S/C18H13F3N2O2S/c1-25-13-9-7-12(8-10-13)15-22-14(11-5-3-2-4-6-11)16(26-15)23-17(24)18(19,20)21/h2-10H,1H3,(H,23,24). The van der Waals surface area contributed by atoms with Crippen molar-refractivity contribution >= 4 is 22.2 Å². The number of carbonyl (C=O) groups is 1. The predicted molar refractivity (Wildman–Crippen MR) is 94.2 cm³/mol. The second-order valence-electron chi connectivity index (χ2n) is 5.24. The number of thiazole rings is 1. The van der Waals surface area contributed by atoms with Crippen LogP contribution < -0.4 is 10.1 Å². The van der Waals surface area contributed by atoms with Crippen molar-refractivity contribution in [3.05, 3.63) is 54.6 Å². The molecule has 0 atom stereocenters. The lowest BCUT2D eigenvalue weighted by Crippen LogP contribution is -2.29. The quantitative estimate of drug-likeness (QED) is 0.696. The van der Waals surface area contributed by atoms with Gasteiger partial charge in [-0.3, -0.25) is 4.79 Å². The summed E-state index contributed by atoms with van der Waals surface area (Å²) in [6, 6.07) is 15.7. The number of amides is 1. The van der Waals surface area contributed by atoms with E-state index in [1.54, 1.807) is 54.6 Å². The molecule has 2 aromatic carbocycles. The third-order valence-electron chi connectivity index (χ3n) is 3.50. The fraction of sp³-hybridized carbons (Fsp3) is 0.111. The third-order valence-corrected chi connectivity index (χ3v) is 4.52. The van der Waals surface area contributed by atoms with Crippen LogP contribution >= 0.6 is 11.3 Å². The van der Waals surface area contributed by atoms with Gasteiger partial charge < -0.3 is 10.1 Å². The van der Waals surface area contributed by atoms with Gasteiger partial charge >= 0.3 is 12.1 Å². The number of hydrogen-bond donors (Lipinski definition) is 1. The van der Waals surface area contributed by atoms with E-state index in [0.29, 0.717) is 27.6 Å². The lowest BCUT2D eigenvalue weighted by atomic mass is 10.1. The summed E-state index contributed by atoms with van der Waals surface area (Å²) in [5.41, 5.74) is 1.61. The Morgan fingerprint density at radius 1 is 1.04 bits per heavy atom. The molecular formula is C18H13F3N2O2S. The minimum atomic E-state index is -4.97. The van der Waals surface area contributed by atoms with Crippen LogP contribution in [0.2, 0.25) is 0 Å². The number of ether oxygens (including phenoxy) is 1. The molecular weight excluding hydrogens is 365 g/mol. The van der Waals surface area contributed by atoms with Crippen LogP contribution in [0.15, 0.2) is 54.6 Å². The van der Waals surface area contributed by atoms with Crippen LogP contribution in [0.5, 0.6) is 5.75 Å². The minimum Gasteiger partial charge on any atom is -0.497 e. The molecule has 3 aromatic rings. The van der Waals surface area contributed by atoms with Crippen LogP contribution in [0.3, 0.4) is 0 Å². The summed E-state index contributed by atoms with van der Waals surface area (Å²) in [6.07, 6.45) is -4.97. The number of halogens is 3. The van der Waals surface area contributed by atoms with Crippen molar-refractivity contribution in [1.29, 1.82) is 0 Å². The summed E-state index contributed by atoms with van der Waals surface area (Å²) < 4.78 is 43.0. The van der Waals surface area contributed by atoms with Gasteiger partial charge in [-0.1, -0.05) is 41.7 Å². The van der Waals surface area contributed by atoms with Crippen molar-refractivity contribution in [1.82, 2.24) is 4.98 Å². The Bertz CT molecular complexity index is 906. The van der Waals surface area contributed by atoms with Gasteiger partial charge in [-0.15, -0.1) is 0 Å². The van der Waals surface area contributed by atoms with E-state index >= 15 is 0 Å². The smallest absolute Gasteiger partial charge is 0.471 e. The maximum Gasteiger partial charge on any atom is 0.471 e. The van der Waals surface area contributed by atoms with Crippen molar-refractivity contribution in [3.8, 4) is 27.6 Å². The van der Waals surface area contributed by atoms with E-state index in [4.69, 9.17) is 4.74 Å². The molecule has 134 valence electrons. The van der Waals surface area contributed by atoms with Crippen molar-refractivity contribution in [2.45, 2.75) is 6.18 Å². The number of hydrogen-bond acceptors (Lipinski definition) is 4. The lowest BCUT2D eigenvalue weighted by Gasteiger charge is -2.07. The van der Waals surface area contributed by atoms with Crippen LogP contribution in [0.1, 0.15) is 0 Å². The zero-order valence-electron chi connectivity index (χ0n) is 13.5. The first-order chi connectivity index (χ1) is 12.4. The van der Waals surface area contributed by atoms with E-state index in [9.17, 15) is 18.0 Å². The van der Waals surface area contributed by atoms with Crippen LogP contribution in [0, 0.1) is 0 Å². The van der Waals surface area contributed by atoms with Crippen LogP contribution in [-0.4, -0.2) is 24.2 Å². The minimum absolute atomic E-state index is 0.0457. The van der Waals surface area contributed by atoms with Crippen molar-refractivity contribution in [3.63, 3.8) is 0 Å². The highest BCUT2D eigenvalue weighted by Crippen LogP contribution is 2.39. The zero-order chi connectivity index (χ0) is 18.7. The first-order valence-electron chi connectivity index (χ1n) is 7.47. The van der Waals surface area contributed by atoms with E-state index in [-0.39, 0.29) is 5.00 Å². The Morgan fingerprint density at radius 2 is 1.69 bits per heavy atom. The number of nitrogens with zero attached hydrogens (tertiary/aromatic N) is 1. The van der Waals surface area contributed by atoms with E-state index in [2.05, 4.69) is 4.98 Å². The molecule has 0 fully saturated rings. The van der Waals surface area contributed by atoms with Gasteiger partial charge in [0.2, 0.25) is 0 Å². The molecule has 0 saturated carbocycles. The van der Waals surface area contributed by atoms with Gasteiger partial charge in [0, 0.05) is 11.1 Å². The van der Waals surface area contributed by atoms with Gasteiger partial charge in [0.25, 0.3) is 0 Å². The molecule has 1 heterocycles. The molecule has 0 saturated heterocycles. The molecule has 4 nitrogen and oxygen atoms in total. The lowest BCUT2D eigenvalue weighted by molar-refractivity contribution is -0.167. The number of alkyl halides is 3. The average Bonchev–Trinajstić information content (AvgIpc) is 3.05. The summed E-state index contributed by atoms with van der Waals surface area (Å²) in [5.74, 6) is -1.38. The molecule has 26 heavy (non-hydrogen) atoms. The van der Waals surface area contributed by atoms with Crippen molar-refractivity contribution in [2.75, 3.05) is 12.4 Å². The highest BCUT2D eigenvalue weighted by Gasteiger charge is 2.39. The summed E-state index contributed by atoms with van der Waals surface area (Å²) >= 11 is 0.981. The Kier molecular flexibility index (Phi) is 4.94. The average molecular weight is 378 g/mol. The Balaban J connectivity index is 2.03. The summed E-state index contributed by atoms with van der Waals surface area (Å²) in [4.78, 5) is 15.8. The Hall–Kier alpha value is -2.87. The van der Waals surface area contributed by atoms with Gasteiger partial charge in [-0.05, 0) is 24.3 Å². The fourth-order valence-corrected chi connectivity index (χ4v) is 3.22. The molecule has 3 rings (SSSR count). The summed E-state index contributed by atoms with van der Waals surface area (Å²) in [5, 5.41) is 2.46. The second-order valence-corrected chi connectivity index (χ2v) is 6.24. The van der Waals surface area contributed by atoms with Crippen LogP contribution in [-0.2, 0) is 4.79 Å². The number of methoxy groups -OCH3 is 1. The Labute approximate surface area is 151 Å². The van der Waals surface area contributed by atoms with Gasteiger partial charge in [-0.25, -0.2) is 4.98 Å². The number of carbonyl (C=O) groups excluding carboxylic acids is 1. The first-order valence-corrected chi connectivity index (χ1v) is 8.29. The predicted octanol–water partition coefficient (Wildman–Crippen LogP) is 4.99. The number of rotatable bonds is 4. The fourth-order valence-electron chi connectivity index (χ4n) is 2.23. The highest BCUT2D eigenvalue weighted by atomic mass is 32.1. The van der Waals surface area contributed by atoms with Gasteiger partial charge in [0.1, 0.15) is 21.5 Å². The van der Waals surface area contributed by atoms with Crippen LogP contribution in [0.25, 0.3) is 21.8 Å². The molecule has 1 N–H and O–H groups in total. The Morgan fingerprint density at radius 3 is 2.27 bits per heavy atom. The van der Waals surface area contributed by atoms with E-state index in [1.807, 2.05) is 5.32 Å². The molecule has 0 bridgehead atoms. The molecule has 0 radical (unpaired) electrons. The van der Waals surface area contributed by atoms with Gasteiger partial charge in [-0.2, -0.15) is 13.2 Å². The van der Waals surface area contributed by atoms with E-state index < -0.39 is 12.1 Å². The maximum atomic E-state index is 12.6. The second kappa shape index (κ2) is 7.17. The molecule has 0 unspecified atom stereocenters. The highest BCUT2D eigenvalue weighted by molar-refractivity contribution is 7.19. The molecule has 0 aliphatic carbocycles. The molecule has 1 amide bonds. The monoisotopic (exact) mass is 378 g/mol. The zero-order valence-corrected chi connectivity index (χ0v) is 14.3. The molecule has 8 heteroatoms. The van der Waals surface area contributed by atoms with Crippen molar-refractivity contribution in [2.24, 2.45) is 0 Å². The number of anilines is 1. The van der Waals surface area contributed by atoms with Crippen molar-refractivity contribution < 1.29 is 22.7 Å². The first kappa shape index (κ1) is 17.9. The number of aromatic nitrogens is 1. The van der Waals surface area contributed by atoms with Crippen LogP contribution in [0.4, 0.5) is 18.2 Å². The van der Waals surface area contributed by atoms with Gasteiger partial charge in [0.05, 0.1) is 7.11 Å². The van der Waals surface area contributed by atoms with E-state index in [1.165, 1.54) is 7.11 Å².